The van der Waals surface area contributed by atoms with Crippen LogP contribution in [-0.4, -0.2) is 77.8 Å². The van der Waals surface area contributed by atoms with E-state index in [9.17, 15) is 24.5 Å². The normalized spacial score (nSPS) is 16.9. The third-order valence-electron chi connectivity index (χ3n) is 5.10. The molecule has 156 valence electrons. The first kappa shape index (κ1) is 20.7. The summed E-state index contributed by atoms with van der Waals surface area (Å²) in [7, 11) is 0. The number of hydrogen-bond acceptors (Lipinski definition) is 6. The number of carbonyl (C=O) groups excluding carboxylic acids is 3. The Bertz CT molecular complexity index is 815. The highest BCUT2D eigenvalue weighted by atomic mass is 16.6. The van der Waals surface area contributed by atoms with E-state index in [4.69, 9.17) is 0 Å². The van der Waals surface area contributed by atoms with Gasteiger partial charge in [-0.05, 0) is 25.8 Å². The van der Waals surface area contributed by atoms with Crippen molar-refractivity contribution in [2.75, 3.05) is 39.3 Å². The molecule has 1 saturated heterocycles. The summed E-state index contributed by atoms with van der Waals surface area (Å²) in [5.74, 6) is -0.731. The van der Waals surface area contributed by atoms with Gasteiger partial charge in [0.15, 0.2) is 0 Å². The van der Waals surface area contributed by atoms with Crippen LogP contribution < -0.4 is 10.6 Å². The second kappa shape index (κ2) is 8.99. The van der Waals surface area contributed by atoms with Gasteiger partial charge in [-0.15, -0.1) is 0 Å². The second-order valence-corrected chi connectivity index (χ2v) is 7.44. The molecule has 0 bridgehead atoms. The summed E-state index contributed by atoms with van der Waals surface area (Å²) < 4.78 is 0. The number of nitrogens with zero attached hydrogens (tertiary/aromatic N) is 3. The number of carbonyl (C=O) groups is 3. The molecule has 2 N–H and O–H groups in total. The van der Waals surface area contributed by atoms with Gasteiger partial charge in [0.1, 0.15) is 0 Å². The molecule has 0 radical (unpaired) electrons. The highest BCUT2D eigenvalue weighted by molar-refractivity contribution is 5.97. The van der Waals surface area contributed by atoms with Crippen LogP contribution in [0.15, 0.2) is 18.2 Å². The molecule has 1 heterocycles. The SMILES string of the molecule is Cc1ccc(C(=O)NCC(=O)N2CCN(CC(=O)NC3CC3)CC2)cc1[N+](=O)[O-]. The Labute approximate surface area is 168 Å². The van der Waals surface area contributed by atoms with Crippen LogP contribution in [0.25, 0.3) is 0 Å². The molecule has 0 aromatic heterocycles. The van der Waals surface area contributed by atoms with Crippen molar-refractivity contribution in [1.29, 1.82) is 0 Å². The fourth-order valence-electron chi connectivity index (χ4n) is 3.18. The highest BCUT2D eigenvalue weighted by Crippen LogP contribution is 2.19. The third kappa shape index (κ3) is 5.74. The lowest BCUT2D eigenvalue weighted by molar-refractivity contribution is -0.385. The molecule has 1 saturated carbocycles. The lowest BCUT2D eigenvalue weighted by atomic mass is 10.1. The standard InChI is InChI=1S/C19H25N5O5/c1-13-2-3-14(10-16(13)24(28)29)19(27)20-11-18(26)23-8-6-22(7-9-23)12-17(25)21-15-4-5-15/h2-3,10,15H,4-9,11-12H2,1H3,(H,20,27)(H,21,25). The van der Waals surface area contributed by atoms with Crippen molar-refractivity contribution >= 4 is 23.4 Å². The minimum Gasteiger partial charge on any atom is -0.352 e. The van der Waals surface area contributed by atoms with Gasteiger partial charge in [0.25, 0.3) is 11.6 Å². The van der Waals surface area contributed by atoms with Crippen LogP contribution in [0.3, 0.4) is 0 Å². The van der Waals surface area contributed by atoms with Gasteiger partial charge in [0, 0.05) is 49.4 Å². The van der Waals surface area contributed by atoms with Crippen molar-refractivity contribution in [3.05, 3.63) is 39.4 Å². The molecular weight excluding hydrogens is 378 g/mol. The molecule has 0 unspecified atom stereocenters. The van der Waals surface area contributed by atoms with Gasteiger partial charge >= 0.3 is 0 Å². The number of piperazine rings is 1. The average molecular weight is 403 g/mol. The van der Waals surface area contributed by atoms with Crippen LogP contribution in [0, 0.1) is 17.0 Å². The molecule has 2 fully saturated rings. The van der Waals surface area contributed by atoms with Crippen molar-refractivity contribution in [2.45, 2.75) is 25.8 Å². The summed E-state index contributed by atoms with van der Waals surface area (Å²) in [6, 6.07) is 4.55. The number of nitro groups is 1. The maximum Gasteiger partial charge on any atom is 0.273 e. The first-order valence-corrected chi connectivity index (χ1v) is 9.66. The highest BCUT2D eigenvalue weighted by Gasteiger charge is 2.26. The van der Waals surface area contributed by atoms with E-state index < -0.39 is 10.8 Å². The molecule has 1 aliphatic heterocycles. The van der Waals surface area contributed by atoms with Gasteiger partial charge in [0.05, 0.1) is 18.0 Å². The summed E-state index contributed by atoms with van der Waals surface area (Å²) in [6.07, 6.45) is 2.10. The van der Waals surface area contributed by atoms with E-state index in [1.807, 2.05) is 4.90 Å². The summed E-state index contributed by atoms with van der Waals surface area (Å²) in [4.78, 5) is 50.5. The van der Waals surface area contributed by atoms with Crippen molar-refractivity contribution < 1.29 is 19.3 Å². The Kier molecular flexibility index (Phi) is 6.42. The van der Waals surface area contributed by atoms with Crippen LogP contribution in [-0.2, 0) is 9.59 Å². The lowest BCUT2D eigenvalue weighted by Gasteiger charge is -2.34. The molecule has 10 heteroatoms. The van der Waals surface area contributed by atoms with Crippen LogP contribution in [0.5, 0.6) is 0 Å². The van der Waals surface area contributed by atoms with E-state index in [-0.39, 0.29) is 29.6 Å². The van der Waals surface area contributed by atoms with Crippen molar-refractivity contribution in [2.24, 2.45) is 0 Å². The molecule has 1 aliphatic carbocycles. The van der Waals surface area contributed by atoms with E-state index in [0.29, 0.717) is 44.3 Å². The van der Waals surface area contributed by atoms with Crippen molar-refractivity contribution in [3.8, 4) is 0 Å². The molecule has 3 amide bonds. The maximum atomic E-state index is 12.4. The van der Waals surface area contributed by atoms with Crippen molar-refractivity contribution in [3.63, 3.8) is 0 Å². The van der Waals surface area contributed by atoms with Gasteiger partial charge < -0.3 is 15.5 Å². The Hall–Kier alpha value is -3.01. The monoisotopic (exact) mass is 403 g/mol. The molecule has 2 aliphatic rings. The second-order valence-electron chi connectivity index (χ2n) is 7.44. The molecule has 0 spiro atoms. The fourth-order valence-corrected chi connectivity index (χ4v) is 3.18. The van der Waals surface area contributed by atoms with Crippen LogP contribution in [0.2, 0.25) is 0 Å². The maximum absolute atomic E-state index is 12.4. The van der Waals surface area contributed by atoms with Gasteiger partial charge in [0.2, 0.25) is 11.8 Å². The summed E-state index contributed by atoms with van der Waals surface area (Å²) in [5.41, 5.74) is 0.471. The zero-order valence-corrected chi connectivity index (χ0v) is 16.3. The first-order valence-electron chi connectivity index (χ1n) is 9.66. The lowest BCUT2D eigenvalue weighted by Crippen LogP contribution is -2.53. The van der Waals surface area contributed by atoms with Gasteiger partial charge in [-0.2, -0.15) is 0 Å². The molecular formula is C19H25N5O5. The average Bonchev–Trinajstić information content (AvgIpc) is 3.50. The van der Waals surface area contributed by atoms with Gasteiger partial charge in [-0.1, -0.05) is 6.07 Å². The minimum absolute atomic E-state index is 0.0201. The third-order valence-corrected chi connectivity index (χ3v) is 5.10. The Morgan fingerprint density at radius 2 is 1.86 bits per heavy atom. The minimum atomic E-state index is -0.540. The Balaban J connectivity index is 1.42. The number of hydrogen-bond donors (Lipinski definition) is 2. The van der Waals surface area contributed by atoms with E-state index in [1.54, 1.807) is 11.8 Å². The van der Waals surface area contributed by atoms with Gasteiger partial charge in [-0.25, -0.2) is 0 Å². The fraction of sp³-hybridized carbons (Fsp3) is 0.526. The van der Waals surface area contributed by atoms with E-state index >= 15 is 0 Å². The summed E-state index contributed by atoms with van der Waals surface area (Å²) in [6.45, 7) is 3.93. The zero-order valence-electron chi connectivity index (χ0n) is 16.3. The molecule has 10 nitrogen and oxygen atoms in total. The smallest absolute Gasteiger partial charge is 0.273 e. The molecule has 3 rings (SSSR count). The first-order chi connectivity index (χ1) is 13.8. The van der Waals surface area contributed by atoms with Crippen molar-refractivity contribution in [1.82, 2.24) is 20.4 Å². The largest absolute Gasteiger partial charge is 0.352 e. The molecule has 1 aromatic rings. The number of benzene rings is 1. The Morgan fingerprint density at radius 1 is 1.17 bits per heavy atom. The zero-order chi connectivity index (χ0) is 21.0. The predicted molar refractivity (Wildman–Crippen MR) is 104 cm³/mol. The van der Waals surface area contributed by atoms with Crippen LogP contribution >= 0.6 is 0 Å². The number of amides is 3. The number of rotatable bonds is 7. The van der Waals surface area contributed by atoms with E-state index in [1.165, 1.54) is 18.2 Å². The summed E-state index contributed by atoms with van der Waals surface area (Å²) >= 11 is 0. The quantitative estimate of drug-likeness (QED) is 0.490. The number of aryl methyl sites for hydroxylation is 1. The molecule has 1 aromatic carbocycles. The van der Waals surface area contributed by atoms with E-state index in [2.05, 4.69) is 10.6 Å². The Morgan fingerprint density at radius 3 is 2.48 bits per heavy atom. The predicted octanol–water partition coefficient (Wildman–Crippen LogP) is 0.0558. The van der Waals surface area contributed by atoms with E-state index in [0.717, 1.165) is 12.8 Å². The molecule has 0 atom stereocenters. The topological polar surface area (TPSA) is 125 Å². The number of nitrogens with one attached hydrogen (secondary N) is 2. The van der Waals surface area contributed by atoms with Crippen LogP contribution in [0.4, 0.5) is 5.69 Å². The van der Waals surface area contributed by atoms with Crippen LogP contribution in [0.1, 0.15) is 28.8 Å². The summed E-state index contributed by atoms with van der Waals surface area (Å²) in [5, 5.41) is 16.5. The number of nitro benzene ring substituents is 1. The van der Waals surface area contributed by atoms with Gasteiger partial charge in [-0.3, -0.25) is 29.4 Å². The molecule has 29 heavy (non-hydrogen) atoms.